The molecule has 2 rings (SSSR count). The number of aryl methyl sites for hydroxylation is 1. The Morgan fingerprint density at radius 3 is 2.79 bits per heavy atom. The van der Waals surface area contributed by atoms with E-state index in [2.05, 4.69) is 29.0 Å². The van der Waals surface area contributed by atoms with Crippen LogP contribution in [0, 0.1) is 5.92 Å². The van der Waals surface area contributed by atoms with Crippen molar-refractivity contribution in [3.05, 3.63) is 52.2 Å². The topological polar surface area (TPSA) is 35.2 Å². The monoisotopic (exact) mass is 275 g/mol. The molecule has 0 bridgehead atoms. The zero-order chi connectivity index (χ0) is 13.5. The second-order valence-corrected chi connectivity index (χ2v) is 5.57. The molecule has 0 aliphatic rings. The van der Waals surface area contributed by atoms with Crippen LogP contribution in [-0.4, -0.2) is 13.7 Å². The number of thiophene rings is 1. The standard InChI is InChI=1S/C16H21NOS/c1-18-16-5-3-2-4-15(16)10-14(11-17)7-6-13-8-9-19-12-13/h2-5,8-9,12,14H,6-7,10-11,17H2,1H3. The summed E-state index contributed by atoms with van der Waals surface area (Å²) in [5.41, 5.74) is 8.59. The number of benzene rings is 1. The van der Waals surface area contributed by atoms with Crippen LogP contribution >= 0.6 is 11.3 Å². The lowest BCUT2D eigenvalue weighted by atomic mass is 9.93. The molecule has 3 heteroatoms. The van der Waals surface area contributed by atoms with Gasteiger partial charge in [0, 0.05) is 0 Å². The lowest BCUT2D eigenvalue weighted by molar-refractivity contribution is 0.401. The second kappa shape index (κ2) is 7.31. The Labute approximate surface area is 119 Å². The second-order valence-electron chi connectivity index (χ2n) is 4.79. The van der Waals surface area contributed by atoms with Crippen LogP contribution in [0.5, 0.6) is 5.75 Å². The molecular weight excluding hydrogens is 254 g/mol. The van der Waals surface area contributed by atoms with E-state index in [4.69, 9.17) is 10.5 Å². The minimum Gasteiger partial charge on any atom is -0.496 e. The van der Waals surface area contributed by atoms with Crippen molar-refractivity contribution in [3.8, 4) is 5.75 Å². The summed E-state index contributed by atoms with van der Waals surface area (Å²) < 4.78 is 5.40. The lowest BCUT2D eigenvalue weighted by Crippen LogP contribution is -2.18. The van der Waals surface area contributed by atoms with E-state index in [0.717, 1.165) is 31.6 Å². The Morgan fingerprint density at radius 1 is 1.26 bits per heavy atom. The molecule has 2 N–H and O–H groups in total. The van der Waals surface area contributed by atoms with E-state index < -0.39 is 0 Å². The van der Waals surface area contributed by atoms with Crippen molar-refractivity contribution >= 4 is 11.3 Å². The summed E-state index contributed by atoms with van der Waals surface area (Å²) in [7, 11) is 1.72. The van der Waals surface area contributed by atoms with Crippen molar-refractivity contribution in [1.82, 2.24) is 0 Å². The van der Waals surface area contributed by atoms with Crippen LogP contribution in [0.4, 0.5) is 0 Å². The zero-order valence-corrected chi connectivity index (χ0v) is 12.2. The number of ether oxygens (including phenoxy) is 1. The van der Waals surface area contributed by atoms with Gasteiger partial charge in [0.2, 0.25) is 0 Å². The molecule has 2 nitrogen and oxygen atoms in total. The molecule has 0 aliphatic heterocycles. The average molecular weight is 275 g/mol. The van der Waals surface area contributed by atoms with Gasteiger partial charge in [0.15, 0.2) is 0 Å². The van der Waals surface area contributed by atoms with Gasteiger partial charge < -0.3 is 10.5 Å². The van der Waals surface area contributed by atoms with E-state index >= 15 is 0 Å². The molecular formula is C16H21NOS. The van der Waals surface area contributed by atoms with Crippen molar-refractivity contribution < 1.29 is 4.74 Å². The molecule has 0 amide bonds. The Hall–Kier alpha value is -1.32. The average Bonchev–Trinajstić information content (AvgIpc) is 2.97. The number of methoxy groups -OCH3 is 1. The molecule has 0 fully saturated rings. The molecule has 1 atom stereocenters. The van der Waals surface area contributed by atoms with Crippen LogP contribution in [0.1, 0.15) is 17.5 Å². The maximum Gasteiger partial charge on any atom is 0.122 e. The Bertz CT molecular complexity index is 481. The number of rotatable bonds is 7. The van der Waals surface area contributed by atoms with E-state index in [1.807, 2.05) is 12.1 Å². The maximum absolute atomic E-state index is 5.91. The van der Waals surface area contributed by atoms with Gasteiger partial charge in [-0.25, -0.2) is 0 Å². The molecule has 1 heterocycles. The summed E-state index contributed by atoms with van der Waals surface area (Å²) >= 11 is 1.76. The smallest absolute Gasteiger partial charge is 0.122 e. The Morgan fingerprint density at radius 2 is 2.11 bits per heavy atom. The van der Waals surface area contributed by atoms with Crippen molar-refractivity contribution in [2.45, 2.75) is 19.3 Å². The van der Waals surface area contributed by atoms with Gasteiger partial charge in [-0.2, -0.15) is 11.3 Å². The summed E-state index contributed by atoms with van der Waals surface area (Å²) in [6.45, 7) is 0.724. The maximum atomic E-state index is 5.91. The zero-order valence-electron chi connectivity index (χ0n) is 11.3. The SMILES string of the molecule is COc1ccccc1CC(CN)CCc1ccsc1. The third kappa shape index (κ3) is 4.08. The lowest BCUT2D eigenvalue weighted by Gasteiger charge is -2.16. The van der Waals surface area contributed by atoms with Crippen molar-refractivity contribution in [2.24, 2.45) is 11.7 Å². The molecule has 1 aromatic heterocycles. The minimum absolute atomic E-state index is 0.510. The van der Waals surface area contributed by atoms with Crippen LogP contribution in [0.25, 0.3) is 0 Å². The van der Waals surface area contributed by atoms with Crippen LogP contribution in [0.15, 0.2) is 41.1 Å². The molecule has 1 aromatic carbocycles. The highest BCUT2D eigenvalue weighted by atomic mass is 32.1. The Balaban J connectivity index is 1.94. The number of para-hydroxylation sites is 1. The fourth-order valence-corrected chi connectivity index (χ4v) is 2.99. The van der Waals surface area contributed by atoms with Crippen LogP contribution in [-0.2, 0) is 12.8 Å². The van der Waals surface area contributed by atoms with E-state index in [1.54, 1.807) is 18.4 Å². The third-order valence-corrected chi connectivity index (χ3v) is 4.19. The first-order chi connectivity index (χ1) is 9.33. The summed E-state index contributed by atoms with van der Waals surface area (Å²) in [4.78, 5) is 0. The Kier molecular flexibility index (Phi) is 5.43. The van der Waals surface area contributed by atoms with Gasteiger partial charge in [-0.05, 0) is 65.7 Å². The first-order valence-corrected chi connectivity index (χ1v) is 7.60. The highest BCUT2D eigenvalue weighted by Crippen LogP contribution is 2.23. The minimum atomic E-state index is 0.510. The van der Waals surface area contributed by atoms with E-state index in [-0.39, 0.29) is 0 Å². The van der Waals surface area contributed by atoms with Gasteiger partial charge in [-0.15, -0.1) is 0 Å². The fourth-order valence-electron chi connectivity index (χ4n) is 2.29. The van der Waals surface area contributed by atoms with Crippen LogP contribution < -0.4 is 10.5 Å². The highest BCUT2D eigenvalue weighted by molar-refractivity contribution is 7.07. The van der Waals surface area contributed by atoms with Crippen LogP contribution in [0.2, 0.25) is 0 Å². The summed E-state index contributed by atoms with van der Waals surface area (Å²) in [6.07, 6.45) is 3.23. The first-order valence-electron chi connectivity index (χ1n) is 6.66. The van der Waals surface area contributed by atoms with Crippen LogP contribution in [0.3, 0.4) is 0 Å². The third-order valence-electron chi connectivity index (χ3n) is 3.46. The molecule has 0 aliphatic carbocycles. The van der Waals surface area contributed by atoms with E-state index in [1.165, 1.54) is 11.1 Å². The fraction of sp³-hybridized carbons (Fsp3) is 0.375. The summed E-state index contributed by atoms with van der Waals surface area (Å²) in [6, 6.07) is 10.4. The summed E-state index contributed by atoms with van der Waals surface area (Å²) in [5, 5.41) is 4.35. The predicted molar refractivity (Wildman–Crippen MR) is 81.9 cm³/mol. The largest absolute Gasteiger partial charge is 0.496 e. The molecule has 1 unspecified atom stereocenters. The molecule has 0 radical (unpaired) electrons. The highest BCUT2D eigenvalue weighted by Gasteiger charge is 2.11. The number of nitrogens with two attached hydrogens (primary N) is 1. The molecule has 0 saturated heterocycles. The number of hydrogen-bond donors (Lipinski definition) is 1. The van der Waals surface area contributed by atoms with Crippen molar-refractivity contribution in [3.63, 3.8) is 0 Å². The molecule has 0 saturated carbocycles. The van der Waals surface area contributed by atoms with Gasteiger partial charge in [0.1, 0.15) is 5.75 Å². The summed E-state index contributed by atoms with van der Waals surface area (Å²) in [5.74, 6) is 1.48. The predicted octanol–water partition coefficient (Wildman–Crippen LogP) is 3.51. The molecule has 102 valence electrons. The van der Waals surface area contributed by atoms with Gasteiger partial charge in [-0.3, -0.25) is 0 Å². The molecule has 2 aromatic rings. The number of hydrogen-bond acceptors (Lipinski definition) is 3. The van der Waals surface area contributed by atoms with E-state index in [9.17, 15) is 0 Å². The van der Waals surface area contributed by atoms with Crippen molar-refractivity contribution in [1.29, 1.82) is 0 Å². The quantitative estimate of drug-likeness (QED) is 0.839. The van der Waals surface area contributed by atoms with Gasteiger partial charge >= 0.3 is 0 Å². The van der Waals surface area contributed by atoms with Gasteiger partial charge in [0.25, 0.3) is 0 Å². The van der Waals surface area contributed by atoms with E-state index in [0.29, 0.717) is 5.92 Å². The molecule has 19 heavy (non-hydrogen) atoms. The van der Waals surface area contributed by atoms with Crippen molar-refractivity contribution in [2.75, 3.05) is 13.7 Å². The normalized spacial score (nSPS) is 12.3. The first kappa shape index (κ1) is 14.1. The van der Waals surface area contributed by atoms with Gasteiger partial charge in [0.05, 0.1) is 7.11 Å². The molecule has 0 spiro atoms. The van der Waals surface area contributed by atoms with Gasteiger partial charge in [-0.1, -0.05) is 18.2 Å².